The zero-order chi connectivity index (χ0) is 15.9. The number of anilines is 1. The molecule has 0 radical (unpaired) electrons. The minimum Gasteiger partial charge on any atom is -0.469 e. The summed E-state index contributed by atoms with van der Waals surface area (Å²) < 4.78 is 9.63. The highest BCUT2D eigenvalue weighted by Crippen LogP contribution is 2.13. The van der Waals surface area contributed by atoms with E-state index >= 15 is 0 Å². The predicted molar refractivity (Wildman–Crippen MR) is 78.4 cm³/mol. The Morgan fingerprint density at radius 1 is 1.18 bits per heavy atom. The van der Waals surface area contributed by atoms with E-state index in [9.17, 15) is 14.4 Å². The first-order valence-corrected chi connectivity index (χ1v) is 6.94. The molecule has 0 saturated carbocycles. The number of esters is 1. The molecule has 1 aromatic rings. The van der Waals surface area contributed by atoms with Crippen LogP contribution in [0.2, 0.25) is 0 Å². The van der Waals surface area contributed by atoms with Crippen molar-refractivity contribution >= 4 is 23.5 Å². The summed E-state index contributed by atoms with van der Waals surface area (Å²) in [4.78, 5) is 36.5. The van der Waals surface area contributed by atoms with Crippen LogP contribution in [0.25, 0.3) is 0 Å². The molecule has 2 rings (SSSR count). The molecule has 2 amide bonds. The van der Waals surface area contributed by atoms with Crippen molar-refractivity contribution in [2.24, 2.45) is 0 Å². The Morgan fingerprint density at radius 2 is 1.82 bits per heavy atom. The van der Waals surface area contributed by atoms with Gasteiger partial charge in [-0.05, 0) is 24.3 Å². The number of amides is 2. The summed E-state index contributed by atoms with van der Waals surface area (Å²) in [5.74, 6) is -1.12. The summed E-state index contributed by atoms with van der Waals surface area (Å²) in [6.45, 7) is 2.26. The highest BCUT2D eigenvalue weighted by atomic mass is 16.5. The predicted octanol–water partition coefficient (Wildman–Crippen LogP) is 0.661. The molecule has 7 nitrogen and oxygen atoms in total. The first-order valence-electron chi connectivity index (χ1n) is 6.94. The lowest BCUT2D eigenvalue weighted by molar-refractivity contribution is -0.142. The summed E-state index contributed by atoms with van der Waals surface area (Å²) >= 11 is 0. The number of nitrogens with one attached hydrogen (secondary N) is 1. The van der Waals surface area contributed by atoms with Gasteiger partial charge in [0.25, 0.3) is 5.91 Å². The highest BCUT2D eigenvalue weighted by molar-refractivity contribution is 6.02. The van der Waals surface area contributed by atoms with E-state index in [1.807, 2.05) is 0 Å². The van der Waals surface area contributed by atoms with Gasteiger partial charge < -0.3 is 19.7 Å². The van der Waals surface area contributed by atoms with Crippen molar-refractivity contribution in [2.75, 3.05) is 38.7 Å². The second-order valence-corrected chi connectivity index (χ2v) is 4.78. The standard InChI is InChI=1S/C15H18N2O5/c1-21-14(19)10-13(18)16-12-4-2-11(3-5-12)15(20)17-6-8-22-9-7-17/h2-5H,6-10H2,1H3,(H,16,18). The van der Waals surface area contributed by atoms with Crippen molar-refractivity contribution in [3.63, 3.8) is 0 Å². The van der Waals surface area contributed by atoms with Crippen molar-refractivity contribution in [3.05, 3.63) is 29.8 Å². The molecular weight excluding hydrogens is 288 g/mol. The number of ether oxygens (including phenoxy) is 2. The molecule has 0 atom stereocenters. The molecule has 1 N–H and O–H groups in total. The number of benzene rings is 1. The Labute approximate surface area is 128 Å². The summed E-state index contributed by atoms with van der Waals surface area (Å²) in [6, 6.07) is 6.54. The number of carbonyl (C=O) groups is 3. The SMILES string of the molecule is COC(=O)CC(=O)Nc1ccc(C(=O)N2CCOCC2)cc1. The molecule has 118 valence electrons. The number of carbonyl (C=O) groups excluding carboxylic acids is 3. The van der Waals surface area contributed by atoms with E-state index in [-0.39, 0.29) is 12.3 Å². The molecule has 1 heterocycles. The Hall–Kier alpha value is -2.41. The van der Waals surface area contributed by atoms with E-state index in [0.717, 1.165) is 0 Å². The van der Waals surface area contributed by atoms with Crippen LogP contribution in [0.15, 0.2) is 24.3 Å². The van der Waals surface area contributed by atoms with Gasteiger partial charge in [0, 0.05) is 24.3 Å². The number of rotatable bonds is 4. The van der Waals surface area contributed by atoms with Crippen LogP contribution in [-0.4, -0.2) is 56.1 Å². The molecule has 0 aliphatic carbocycles. The average molecular weight is 306 g/mol. The van der Waals surface area contributed by atoms with Crippen LogP contribution < -0.4 is 5.32 Å². The molecule has 1 aliphatic heterocycles. The lowest BCUT2D eigenvalue weighted by Gasteiger charge is -2.26. The quantitative estimate of drug-likeness (QED) is 0.652. The van der Waals surface area contributed by atoms with Crippen LogP contribution in [0, 0.1) is 0 Å². The lowest BCUT2D eigenvalue weighted by Crippen LogP contribution is -2.40. The summed E-state index contributed by atoms with van der Waals surface area (Å²) in [6.07, 6.45) is -0.342. The first kappa shape index (κ1) is 16.0. The zero-order valence-corrected chi connectivity index (χ0v) is 12.3. The fraction of sp³-hybridized carbons (Fsp3) is 0.400. The fourth-order valence-corrected chi connectivity index (χ4v) is 2.05. The second-order valence-electron chi connectivity index (χ2n) is 4.78. The van der Waals surface area contributed by atoms with Crippen molar-refractivity contribution < 1.29 is 23.9 Å². The molecule has 0 bridgehead atoms. The number of hydrogen-bond donors (Lipinski definition) is 1. The van der Waals surface area contributed by atoms with Gasteiger partial charge in [-0.25, -0.2) is 0 Å². The minimum atomic E-state index is -0.600. The van der Waals surface area contributed by atoms with Gasteiger partial charge in [0.2, 0.25) is 5.91 Å². The third-order valence-electron chi connectivity index (χ3n) is 3.25. The third-order valence-corrected chi connectivity index (χ3v) is 3.25. The minimum absolute atomic E-state index is 0.0595. The Balaban J connectivity index is 1.93. The van der Waals surface area contributed by atoms with Crippen molar-refractivity contribution in [2.45, 2.75) is 6.42 Å². The van der Waals surface area contributed by atoms with Crippen LogP contribution in [0.5, 0.6) is 0 Å². The van der Waals surface area contributed by atoms with Crippen molar-refractivity contribution in [1.82, 2.24) is 4.90 Å². The number of nitrogens with zero attached hydrogens (tertiary/aromatic N) is 1. The summed E-state index contributed by atoms with van der Waals surface area (Å²) in [5, 5.41) is 2.57. The topological polar surface area (TPSA) is 84.9 Å². The van der Waals surface area contributed by atoms with E-state index < -0.39 is 11.9 Å². The lowest BCUT2D eigenvalue weighted by atomic mass is 10.1. The molecular formula is C15H18N2O5. The van der Waals surface area contributed by atoms with Crippen molar-refractivity contribution in [3.8, 4) is 0 Å². The Bertz CT molecular complexity index is 550. The summed E-state index contributed by atoms with van der Waals surface area (Å²) in [7, 11) is 1.22. The van der Waals surface area contributed by atoms with Crippen molar-refractivity contribution in [1.29, 1.82) is 0 Å². The third kappa shape index (κ3) is 4.29. The number of hydrogen-bond acceptors (Lipinski definition) is 5. The highest BCUT2D eigenvalue weighted by Gasteiger charge is 2.18. The second kappa shape index (κ2) is 7.56. The van der Waals surface area contributed by atoms with E-state index in [4.69, 9.17) is 4.74 Å². The molecule has 22 heavy (non-hydrogen) atoms. The molecule has 7 heteroatoms. The van der Waals surface area contributed by atoms with Gasteiger partial charge in [0.1, 0.15) is 6.42 Å². The molecule has 0 spiro atoms. The van der Waals surface area contributed by atoms with E-state index in [1.54, 1.807) is 29.2 Å². The van der Waals surface area contributed by atoms with Crippen LogP contribution in [-0.2, 0) is 19.1 Å². The molecule has 1 aromatic carbocycles. The van der Waals surface area contributed by atoms with Gasteiger partial charge >= 0.3 is 5.97 Å². The smallest absolute Gasteiger partial charge is 0.315 e. The number of morpholine rings is 1. The van der Waals surface area contributed by atoms with Gasteiger partial charge in [0.15, 0.2) is 0 Å². The van der Waals surface area contributed by atoms with E-state index in [2.05, 4.69) is 10.1 Å². The van der Waals surface area contributed by atoms with Crippen LogP contribution >= 0.6 is 0 Å². The summed E-state index contributed by atoms with van der Waals surface area (Å²) in [5.41, 5.74) is 1.07. The van der Waals surface area contributed by atoms with Gasteiger partial charge in [-0.15, -0.1) is 0 Å². The first-order chi connectivity index (χ1) is 10.6. The van der Waals surface area contributed by atoms with Gasteiger partial charge in [-0.1, -0.05) is 0 Å². The van der Waals surface area contributed by atoms with Crippen LogP contribution in [0.4, 0.5) is 5.69 Å². The molecule has 0 unspecified atom stereocenters. The normalized spacial score (nSPS) is 14.3. The Kier molecular flexibility index (Phi) is 5.48. The zero-order valence-electron chi connectivity index (χ0n) is 12.3. The molecule has 1 aliphatic rings. The monoisotopic (exact) mass is 306 g/mol. The molecule has 1 fully saturated rings. The maximum atomic E-state index is 12.2. The van der Waals surface area contributed by atoms with Gasteiger partial charge in [0.05, 0.1) is 20.3 Å². The van der Waals surface area contributed by atoms with Crippen LogP contribution in [0.1, 0.15) is 16.8 Å². The van der Waals surface area contributed by atoms with Crippen LogP contribution in [0.3, 0.4) is 0 Å². The maximum absolute atomic E-state index is 12.2. The van der Waals surface area contributed by atoms with E-state index in [0.29, 0.717) is 37.6 Å². The Morgan fingerprint density at radius 3 is 2.41 bits per heavy atom. The maximum Gasteiger partial charge on any atom is 0.315 e. The largest absolute Gasteiger partial charge is 0.469 e. The van der Waals surface area contributed by atoms with E-state index in [1.165, 1.54) is 7.11 Å². The van der Waals surface area contributed by atoms with Gasteiger partial charge in [-0.3, -0.25) is 14.4 Å². The molecule has 1 saturated heterocycles. The number of methoxy groups -OCH3 is 1. The van der Waals surface area contributed by atoms with Gasteiger partial charge in [-0.2, -0.15) is 0 Å². The molecule has 0 aromatic heterocycles. The fourth-order valence-electron chi connectivity index (χ4n) is 2.05. The average Bonchev–Trinajstić information content (AvgIpc) is 2.55.